The normalized spacial score (nSPS) is 46.2. The van der Waals surface area contributed by atoms with Gasteiger partial charge in [0.2, 0.25) is 0 Å². The Kier molecular flexibility index (Phi) is 5.55. The molecule has 0 unspecified atom stereocenters. The van der Waals surface area contributed by atoms with E-state index < -0.39 is 0 Å². The second-order valence-electron chi connectivity index (χ2n) is 11.2. The van der Waals surface area contributed by atoms with Crippen LogP contribution in [0.4, 0.5) is 0 Å². The minimum atomic E-state index is -0.239. The Bertz CT molecular complexity index is 731. The van der Waals surface area contributed by atoms with E-state index in [9.17, 15) is 14.4 Å². The van der Waals surface area contributed by atoms with Crippen molar-refractivity contribution in [2.24, 2.45) is 40.4 Å². The molecule has 9 atom stereocenters. The molecule has 0 amide bonds. The first-order valence-corrected chi connectivity index (χ1v) is 11.9. The second kappa shape index (κ2) is 7.63. The molecule has 0 saturated heterocycles. The van der Waals surface area contributed by atoms with Gasteiger partial charge in [0.05, 0.1) is 0 Å². The van der Waals surface area contributed by atoms with E-state index in [1.165, 1.54) is 13.8 Å². The molecule has 0 radical (unpaired) electrons. The maximum atomic E-state index is 13.4. The highest BCUT2D eigenvalue weighted by Crippen LogP contribution is 2.67. The third-order valence-corrected chi connectivity index (χ3v) is 9.73. The summed E-state index contributed by atoms with van der Waals surface area (Å²) in [6.45, 7) is 9.73. The molecule has 5 nitrogen and oxygen atoms in total. The molecule has 4 fully saturated rings. The molecule has 30 heavy (non-hydrogen) atoms. The number of rotatable bonds is 3. The van der Waals surface area contributed by atoms with E-state index in [4.69, 9.17) is 9.47 Å². The van der Waals surface area contributed by atoms with Crippen LogP contribution in [0.5, 0.6) is 0 Å². The number of carbonyl (C=O) groups is 3. The zero-order valence-corrected chi connectivity index (χ0v) is 19.2. The number of fused-ring (bicyclic) bond motifs is 5. The molecule has 0 aromatic rings. The highest BCUT2D eigenvalue weighted by Gasteiger charge is 2.63. The first kappa shape index (κ1) is 21.8. The predicted molar refractivity (Wildman–Crippen MR) is 112 cm³/mol. The molecular formula is C25H38O5. The fourth-order valence-corrected chi connectivity index (χ4v) is 8.50. The van der Waals surface area contributed by atoms with Crippen molar-refractivity contribution < 1.29 is 23.9 Å². The van der Waals surface area contributed by atoms with Gasteiger partial charge in [0.1, 0.15) is 18.0 Å². The van der Waals surface area contributed by atoms with E-state index in [0.29, 0.717) is 42.3 Å². The Hall–Kier alpha value is -1.39. The quantitative estimate of drug-likeness (QED) is 0.621. The van der Waals surface area contributed by atoms with Gasteiger partial charge in [-0.1, -0.05) is 13.8 Å². The zero-order valence-electron chi connectivity index (χ0n) is 19.2. The van der Waals surface area contributed by atoms with Gasteiger partial charge in [-0.05, 0) is 80.5 Å². The Morgan fingerprint density at radius 2 is 1.63 bits per heavy atom. The van der Waals surface area contributed by atoms with Crippen LogP contribution in [0.25, 0.3) is 0 Å². The third kappa shape index (κ3) is 3.40. The van der Waals surface area contributed by atoms with Crippen molar-refractivity contribution in [1.82, 2.24) is 0 Å². The molecule has 4 rings (SSSR count). The van der Waals surface area contributed by atoms with E-state index in [1.54, 1.807) is 0 Å². The summed E-state index contributed by atoms with van der Waals surface area (Å²) < 4.78 is 11.1. The van der Waals surface area contributed by atoms with Gasteiger partial charge in [0.15, 0.2) is 0 Å². The van der Waals surface area contributed by atoms with E-state index in [0.717, 1.165) is 38.5 Å². The van der Waals surface area contributed by atoms with Crippen molar-refractivity contribution in [2.75, 3.05) is 0 Å². The van der Waals surface area contributed by atoms with Crippen molar-refractivity contribution in [3.8, 4) is 0 Å². The molecule has 168 valence electrons. The van der Waals surface area contributed by atoms with Crippen molar-refractivity contribution in [1.29, 1.82) is 0 Å². The molecule has 4 aliphatic carbocycles. The van der Waals surface area contributed by atoms with Crippen LogP contribution in [0.2, 0.25) is 0 Å². The topological polar surface area (TPSA) is 69.7 Å². The van der Waals surface area contributed by atoms with Gasteiger partial charge in [-0.3, -0.25) is 14.4 Å². The number of carbonyl (C=O) groups excluding carboxylic acids is 3. The standard InChI is InChI=1S/C25H38O5/c1-14(29-15(2)26)19-6-7-20-18-13-23(28)22-12-17(30-16(3)27)8-10-25(22,5)21(18)9-11-24(19,20)4/h14,17-22H,6-13H2,1-5H3/t14-,17-,18-,19+,20-,21-,22+,24+,25+/m0/s1. The lowest BCUT2D eigenvalue weighted by Gasteiger charge is -2.60. The van der Waals surface area contributed by atoms with Crippen LogP contribution in [0.1, 0.15) is 86.0 Å². The average Bonchev–Trinajstić information content (AvgIpc) is 2.99. The van der Waals surface area contributed by atoms with Crippen molar-refractivity contribution in [3.63, 3.8) is 0 Å². The Labute approximate surface area is 180 Å². The van der Waals surface area contributed by atoms with E-state index in [-0.39, 0.29) is 40.9 Å². The van der Waals surface area contributed by atoms with Crippen LogP contribution < -0.4 is 0 Å². The van der Waals surface area contributed by atoms with Crippen LogP contribution >= 0.6 is 0 Å². The monoisotopic (exact) mass is 418 g/mol. The first-order valence-electron chi connectivity index (χ1n) is 11.9. The van der Waals surface area contributed by atoms with E-state index in [2.05, 4.69) is 13.8 Å². The van der Waals surface area contributed by atoms with Crippen LogP contribution in [0.15, 0.2) is 0 Å². The third-order valence-electron chi connectivity index (χ3n) is 9.73. The lowest BCUT2D eigenvalue weighted by molar-refractivity contribution is -0.171. The Morgan fingerprint density at radius 3 is 2.30 bits per heavy atom. The lowest BCUT2D eigenvalue weighted by Crippen LogP contribution is -2.57. The number of esters is 2. The summed E-state index contributed by atoms with van der Waals surface area (Å²) in [6.07, 6.45) is 7.58. The van der Waals surface area contributed by atoms with Crippen molar-refractivity contribution >= 4 is 17.7 Å². The van der Waals surface area contributed by atoms with Gasteiger partial charge < -0.3 is 9.47 Å². The minimum absolute atomic E-state index is 0.0254. The lowest BCUT2D eigenvalue weighted by atomic mass is 9.44. The van der Waals surface area contributed by atoms with Crippen molar-refractivity contribution in [3.05, 3.63) is 0 Å². The van der Waals surface area contributed by atoms with E-state index >= 15 is 0 Å². The summed E-state index contributed by atoms with van der Waals surface area (Å²) >= 11 is 0. The van der Waals surface area contributed by atoms with Gasteiger partial charge in [-0.25, -0.2) is 0 Å². The fourth-order valence-electron chi connectivity index (χ4n) is 8.50. The number of hydrogen-bond donors (Lipinski definition) is 0. The molecular weight excluding hydrogens is 380 g/mol. The van der Waals surface area contributed by atoms with Gasteiger partial charge >= 0.3 is 11.9 Å². The average molecular weight is 419 g/mol. The first-order chi connectivity index (χ1) is 14.1. The predicted octanol–water partition coefficient (Wildman–Crippen LogP) is 4.71. The Morgan fingerprint density at radius 1 is 0.967 bits per heavy atom. The molecule has 0 heterocycles. The Balaban J connectivity index is 1.55. The van der Waals surface area contributed by atoms with Crippen LogP contribution in [0, 0.1) is 40.4 Å². The molecule has 0 bridgehead atoms. The number of hydrogen-bond acceptors (Lipinski definition) is 5. The van der Waals surface area contributed by atoms with Gasteiger partial charge in [0.25, 0.3) is 0 Å². The number of Topliss-reactive ketones (excluding diaryl/α,β-unsaturated/α-hetero) is 1. The molecule has 0 spiro atoms. The molecule has 4 saturated carbocycles. The number of ketones is 1. The molecule has 0 aromatic heterocycles. The maximum Gasteiger partial charge on any atom is 0.302 e. The second-order valence-corrected chi connectivity index (χ2v) is 11.2. The highest BCUT2D eigenvalue weighted by atomic mass is 16.5. The largest absolute Gasteiger partial charge is 0.463 e. The highest BCUT2D eigenvalue weighted by molar-refractivity contribution is 5.83. The van der Waals surface area contributed by atoms with Gasteiger partial charge in [0, 0.05) is 32.1 Å². The van der Waals surface area contributed by atoms with Gasteiger partial charge in [-0.15, -0.1) is 0 Å². The summed E-state index contributed by atoms with van der Waals surface area (Å²) in [4.78, 5) is 36.3. The summed E-state index contributed by atoms with van der Waals surface area (Å²) in [5.41, 5.74) is 0.173. The SMILES string of the molecule is CC(=O)O[C@H]1CC[C@@]2(C)[C@H](C1)C(=O)C[C@@H]1[C@@H]2CC[C@]2(C)[C@@H]([C@H](C)OC(C)=O)CC[C@@H]12. The van der Waals surface area contributed by atoms with Crippen LogP contribution in [-0.4, -0.2) is 29.9 Å². The summed E-state index contributed by atoms with van der Waals surface area (Å²) in [6, 6.07) is 0. The van der Waals surface area contributed by atoms with Crippen molar-refractivity contribution in [2.45, 2.75) is 98.2 Å². The number of ether oxygens (including phenoxy) is 2. The smallest absolute Gasteiger partial charge is 0.302 e. The molecule has 0 N–H and O–H groups in total. The molecule has 0 aliphatic heterocycles. The zero-order chi connectivity index (χ0) is 21.8. The molecule has 0 aromatic carbocycles. The maximum absolute atomic E-state index is 13.4. The summed E-state index contributed by atoms with van der Waals surface area (Å²) in [5, 5.41) is 0. The summed E-state index contributed by atoms with van der Waals surface area (Å²) in [5.74, 6) is 1.90. The molecule has 5 heteroatoms. The minimum Gasteiger partial charge on any atom is -0.463 e. The summed E-state index contributed by atoms with van der Waals surface area (Å²) in [7, 11) is 0. The van der Waals surface area contributed by atoms with Crippen LogP contribution in [-0.2, 0) is 23.9 Å². The fraction of sp³-hybridized carbons (Fsp3) is 0.880. The van der Waals surface area contributed by atoms with Gasteiger partial charge in [-0.2, -0.15) is 0 Å². The molecule has 4 aliphatic rings. The van der Waals surface area contributed by atoms with Crippen LogP contribution in [0.3, 0.4) is 0 Å². The van der Waals surface area contributed by atoms with E-state index in [1.807, 2.05) is 6.92 Å².